The molecule has 236 valence electrons. The third kappa shape index (κ3) is 4.50. The highest BCUT2D eigenvalue weighted by Crippen LogP contribution is 2.58. The van der Waals surface area contributed by atoms with E-state index < -0.39 is 5.60 Å². The Balaban J connectivity index is 1.11. The number of nitrogens with zero attached hydrogens (tertiary/aromatic N) is 2. The predicted molar refractivity (Wildman–Crippen MR) is 195 cm³/mol. The zero-order valence-corrected chi connectivity index (χ0v) is 27.7. The van der Waals surface area contributed by atoms with Gasteiger partial charge in [-0.3, -0.25) is 0 Å². The lowest BCUT2D eigenvalue weighted by Crippen LogP contribution is -2.46. The maximum absolute atomic E-state index is 7.48. The Morgan fingerprint density at radius 1 is 0.660 bits per heavy atom. The monoisotopic (exact) mass is 616 g/mol. The second-order valence-electron chi connectivity index (χ2n) is 14.6. The highest BCUT2D eigenvalue weighted by atomic mass is 16.5. The fraction of sp³-hybridized carbons (Fsp3) is 0.318. The minimum Gasteiger partial charge on any atom is -0.472 e. The summed E-state index contributed by atoms with van der Waals surface area (Å²) in [5.74, 6) is 0.982. The molecule has 47 heavy (non-hydrogen) atoms. The largest absolute Gasteiger partial charge is 0.472 e. The number of anilines is 1. The van der Waals surface area contributed by atoms with E-state index >= 15 is 0 Å². The number of hydrogen-bond donors (Lipinski definition) is 0. The van der Waals surface area contributed by atoms with Crippen LogP contribution >= 0.6 is 0 Å². The van der Waals surface area contributed by atoms with Crippen LogP contribution in [0.3, 0.4) is 0 Å². The van der Waals surface area contributed by atoms with Crippen LogP contribution in [0.15, 0.2) is 109 Å². The van der Waals surface area contributed by atoms with E-state index in [0.29, 0.717) is 0 Å². The molecule has 0 bridgehead atoms. The quantitative estimate of drug-likeness (QED) is 0.200. The standard InChI is InChI=1S/C44H44N2O/c1-43(2)39-18-10-9-17-37(39)40-35-15-7-8-16-36(35)42-38(41(40)43)23-26-44(47-42,31-13-5-3-6-14-31)32-19-21-33(22-20-32)46-29-24-34(25-30-46)45-27-11-4-12-28-45/h3,5-10,13-23,26,34H,4,11-12,24-25,27-30H2,1-2H3. The van der Waals surface area contributed by atoms with Crippen molar-refractivity contribution in [2.75, 3.05) is 31.1 Å². The molecular formula is C44H44N2O. The summed E-state index contributed by atoms with van der Waals surface area (Å²) >= 11 is 0. The van der Waals surface area contributed by atoms with Crippen molar-refractivity contribution < 1.29 is 4.74 Å². The predicted octanol–water partition coefficient (Wildman–Crippen LogP) is 9.95. The Morgan fingerprint density at radius 2 is 1.32 bits per heavy atom. The fourth-order valence-corrected chi connectivity index (χ4v) is 9.26. The van der Waals surface area contributed by atoms with Crippen LogP contribution in [0.1, 0.15) is 73.8 Å². The Kier molecular flexibility index (Phi) is 6.83. The molecule has 2 fully saturated rings. The molecule has 1 atom stereocenters. The number of hydrogen-bond acceptors (Lipinski definition) is 3. The van der Waals surface area contributed by atoms with Crippen molar-refractivity contribution in [1.82, 2.24) is 4.90 Å². The molecule has 0 aromatic heterocycles. The number of likely N-dealkylation sites (tertiary alicyclic amines) is 1. The number of benzene rings is 5. The van der Waals surface area contributed by atoms with Gasteiger partial charge in [-0.15, -0.1) is 0 Å². The molecule has 2 saturated heterocycles. The van der Waals surface area contributed by atoms with Gasteiger partial charge >= 0.3 is 0 Å². The first-order valence-electron chi connectivity index (χ1n) is 17.8. The van der Waals surface area contributed by atoms with Crippen molar-refractivity contribution in [3.8, 4) is 16.9 Å². The Morgan fingerprint density at radius 3 is 2.09 bits per heavy atom. The van der Waals surface area contributed by atoms with Gasteiger partial charge in [0.25, 0.3) is 0 Å². The van der Waals surface area contributed by atoms with Gasteiger partial charge in [-0.1, -0.05) is 117 Å². The van der Waals surface area contributed by atoms with Gasteiger partial charge in [0.15, 0.2) is 5.60 Å². The summed E-state index contributed by atoms with van der Waals surface area (Å²) in [5.41, 5.74) is 9.41. The minimum absolute atomic E-state index is 0.135. The van der Waals surface area contributed by atoms with Gasteiger partial charge in [0, 0.05) is 52.3 Å². The molecule has 4 aliphatic rings. The van der Waals surface area contributed by atoms with Crippen LogP contribution in [0.5, 0.6) is 5.75 Å². The van der Waals surface area contributed by atoms with Crippen LogP contribution in [-0.2, 0) is 11.0 Å². The van der Waals surface area contributed by atoms with E-state index in [1.807, 2.05) is 0 Å². The first-order chi connectivity index (χ1) is 23.0. The van der Waals surface area contributed by atoms with Crippen LogP contribution in [0.25, 0.3) is 28.0 Å². The summed E-state index contributed by atoms with van der Waals surface area (Å²) in [7, 11) is 0. The van der Waals surface area contributed by atoms with Crippen molar-refractivity contribution in [3.63, 3.8) is 0 Å². The van der Waals surface area contributed by atoms with E-state index in [4.69, 9.17) is 4.74 Å². The van der Waals surface area contributed by atoms with Crippen LogP contribution in [-0.4, -0.2) is 37.1 Å². The lowest BCUT2D eigenvalue weighted by Gasteiger charge is -2.41. The zero-order chi connectivity index (χ0) is 31.6. The van der Waals surface area contributed by atoms with E-state index in [0.717, 1.165) is 36.0 Å². The molecule has 0 saturated carbocycles. The molecular weight excluding hydrogens is 572 g/mol. The van der Waals surface area contributed by atoms with E-state index in [1.54, 1.807) is 0 Å². The normalized spacial score (nSPS) is 22.0. The highest BCUT2D eigenvalue weighted by Gasteiger charge is 2.44. The molecule has 1 unspecified atom stereocenters. The topological polar surface area (TPSA) is 15.7 Å². The molecule has 0 radical (unpaired) electrons. The van der Waals surface area contributed by atoms with E-state index in [9.17, 15) is 0 Å². The number of piperidine rings is 2. The molecule has 5 aromatic carbocycles. The van der Waals surface area contributed by atoms with Crippen molar-refractivity contribution >= 4 is 22.5 Å². The first kappa shape index (κ1) is 28.8. The van der Waals surface area contributed by atoms with Crippen molar-refractivity contribution in [3.05, 3.63) is 137 Å². The molecule has 3 heterocycles. The van der Waals surface area contributed by atoms with Gasteiger partial charge in [-0.25, -0.2) is 0 Å². The van der Waals surface area contributed by atoms with Crippen LogP contribution in [0, 0.1) is 0 Å². The highest BCUT2D eigenvalue weighted by molar-refractivity contribution is 6.08. The van der Waals surface area contributed by atoms with Gasteiger partial charge in [0.2, 0.25) is 0 Å². The van der Waals surface area contributed by atoms with Gasteiger partial charge in [-0.2, -0.15) is 0 Å². The first-order valence-corrected chi connectivity index (χ1v) is 17.8. The van der Waals surface area contributed by atoms with Gasteiger partial charge in [0.1, 0.15) is 5.75 Å². The van der Waals surface area contributed by atoms with Crippen molar-refractivity contribution in [2.45, 2.75) is 63.0 Å². The lowest BCUT2D eigenvalue weighted by atomic mass is 9.77. The molecule has 3 aliphatic heterocycles. The van der Waals surface area contributed by atoms with Crippen molar-refractivity contribution in [2.24, 2.45) is 0 Å². The second kappa shape index (κ2) is 11.1. The fourth-order valence-electron chi connectivity index (χ4n) is 9.26. The Labute approximate surface area is 279 Å². The second-order valence-corrected chi connectivity index (χ2v) is 14.6. The Bertz CT molecular complexity index is 1980. The molecule has 1 aliphatic carbocycles. The molecule has 9 rings (SSSR count). The lowest BCUT2D eigenvalue weighted by molar-refractivity contribution is 0.141. The molecule has 0 amide bonds. The third-order valence-electron chi connectivity index (χ3n) is 11.7. The molecule has 5 aromatic rings. The maximum Gasteiger partial charge on any atom is 0.178 e. The van der Waals surface area contributed by atoms with Crippen LogP contribution in [0.2, 0.25) is 0 Å². The molecule has 3 heteroatoms. The van der Waals surface area contributed by atoms with Gasteiger partial charge in [-0.05, 0) is 84.6 Å². The average molecular weight is 617 g/mol. The summed E-state index contributed by atoms with van der Waals surface area (Å²) in [5, 5.41) is 2.44. The minimum atomic E-state index is -0.735. The maximum atomic E-state index is 7.48. The van der Waals surface area contributed by atoms with E-state index in [2.05, 4.69) is 139 Å². The summed E-state index contributed by atoms with van der Waals surface area (Å²) < 4.78 is 7.48. The van der Waals surface area contributed by atoms with Gasteiger partial charge < -0.3 is 14.5 Å². The third-order valence-corrected chi connectivity index (χ3v) is 11.7. The Hall–Kier alpha value is -4.34. The number of ether oxygens (including phenoxy) is 1. The van der Waals surface area contributed by atoms with Gasteiger partial charge in [0.05, 0.1) is 0 Å². The van der Waals surface area contributed by atoms with Crippen LogP contribution < -0.4 is 9.64 Å². The van der Waals surface area contributed by atoms with E-state index in [1.165, 1.54) is 89.5 Å². The molecule has 3 nitrogen and oxygen atoms in total. The SMILES string of the molecule is CC1(C)c2ccccc2-c2c1c1c(c3ccccc23)OC(c2ccccc2)(c2ccc(N3CCC(N4CCCCC4)CC3)cc2)C=C1. The summed E-state index contributed by atoms with van der Waals surface area (Å²) in [6, 6.07) is 38.6. The summed E-state index contributed by atoms with van der Waals surface area (Å²) in [4.78, 5) is 5.35. The number of rotatable bonds is 4. The molecule has 0 spiro atoms. The van der Waals surface area contributed by atoms with E-state index in [-0.39, 0.29) is 5.41 Å². The summed E-state index contributed by atoms with van der Waals surface area (Å²) in [6.45, 7) is 9.58. The summed E-state index contributed by atoms with van der Waals surface area (Å²) in [6.07, 6.45) is 11.3. The zero-order valence-electron chi connectivity index (χ0n) is 27.7. The van der Waals surface area contributed by atoms with Crippen LogP contribution in [0.4, 0.5) is 5.69 Å². The average Bonchev–Trinajstić information content (AvgIpc) is 3.39. The molecule has 0 N–H and O–H groups in total. The van der Waals surface area contributed by atoms with Crippen molar-refractivity contribution in [1.29, 1.82) is 0 Å². The smallest absolute Gasteiger partial charge is 0.178 e. The number of fused-ring (bicyclic) bond motifs is 8.